The molecule has 1 atom stereocenters. The van der Waals surface area contributed by atoms with E-state index in [1.54, 1.807) is 18.3 Å². The Morgan fingerprint density at radius 2 is 2.11 bits per heavy atom. The number of aliphatic hydroxyl groups is 1. The van der Waals surface area contributed by atoms with E-state index in [-0.39, 0.29) is 0 Å². The Hall–Kier alpha value is -0.550. The van der Waals surface area contributed by atoms with Gasteiger partial charge in [-0.05, 0) is 31.2 Å². The van der Waals surface area contributed by atoms with Gasteiger partial charge in [0.2, 0.25) is 0 Å². The zero-order valence-electron chi connectivity index (χ0n) is 10.7. The second-order valence-electron chi connectivity index (χ2n) is 4.44. The molecule has 1 aromatic carbocycles. The van der Waals surface area contributed by atoms with Crippen molar-refractivity contribution in [2.45, 2.75) is 19.6 Å². The predicted molar refractivity (Wildman–Crippen MR) is 86.2 cm³/mol. The molecule has 0 radical (unpaired) electrons. The minimum absolute atomic E-state index is 0.488. The van der Waals surface area contributed by atoms with Gasteiger partial charge < -0.3 is 10.0 Å². The van der Waals surface area contributed by atoms with Gasteiger partial charge in [0, 0.05) is 27.6 Å². The highest BCUT2D eigenvalue weighted by Crippen LogP contribution is 2.31. The molecule has 1 unspecified atom stereocenters. The lowest BCUT2D eigenvalue weighted by molar-refractivity contribution is 0.199. The molecule has 0 saturated carbocycles. The van der Waals surface area contributed by atoms with Gasteiger partial charge in [-0.15, -0.1) is 11.3 Å². The molecule has 0 bridgehead atoms. The van der Waals surface area contributed by atoms with Crippen molar-refractivity contribution in [2.24, 2.45) is 0 Å². The maximum atomic E-state index is 9.85. The van der Waals surface area contributed by atoms with Crippen molar-refractivity contribution in [2.75, 3.05) is 11.9 Å². The molecule has 19 heavy (non-hydrogen) atoms. The third-order valence-corrected chi connectivity index (χ3v) is 4.58. The average molecular weight is 361 g/mol. The van der Waals surface area contributed by atoms with Crippen LogP contribution >= 0.6 is 38.9 Å². The Morgan fingerprint density at radius 1 is 1.37 bits per heavy atom. The highest BCUT2D eigenvalue weighted by atomic mass is 79.9. The number of nitrogens with zero attached hydrogens (tertiary/aromatic N) is 1. The molecule has 1 heterocycles. The van der Waals surface area contributed by atoms with Crippen LogP contribution < -0.4 is 4.90 Å². The van der Waals surface area contributed by atoms with Crippen molar-refractivity contribution in [3.8, 4) is 0 Å². The summed E-state index contributed by atoms with van der Waals surface area (Å²) in [6.07, 6.45) is -0.488. The Labute approximate surface area is 130 Å². The molecular weight excluding hydrogens is 346 g/mol. The van der Waals surface area contributed by atoms with E-state index in [0.29, 0.717) is 0 Å². The number of hydrogen-bond donors (Lipinski definition) is 1. The molecule has 0 aliphatic rings. The maximum Gasteiger partial charge on any atom is 0.0931 e. The van der Waals surface area contributed by atoms with Crippen LogP contribution in [0.3, 0.4) is 0 Å². The fraction of sp³-hybridized carbons (Fsp3) is 0.286. The molecule has 2 rings (SSSR count). The van der Waals surface area contributed by atoms with Crippen LogP contribution in [0.2, 0.25) is 4.34 Å². The third kappa shape index (κ3) is 3.72. The fourth-order valence-corrected chi connectivity index (χ4v) is 3.45. The summed E-state index contributed by atoms with van der Waals surface area (Å²) >= 11 is 11.0. The van der Waals surface area contributed by atoms with Crippen LogP contribution in [0.25, 0.3) is 0 Å². The van der Waals surface area contributed by atoms with E-state index in [0.717, 1.165) is 26.6 Å². The maximum absolute atomic E-state index is 9.85. The second kappa shape index (κ2) is 6.27. The first-order valence-electron chi connectivity index (χ1n) is 5.90. The number of aliphatic hydroxyl groups excluding tert-OH is 1. The molecule has 0 aliphatic heterocycles. The second-order valence-corrected chi connectivity index (χ2v) is 7.16. The average Bonchev–Trinajstić information content (AvgIpc) is 2.74. The molecule has 1 N–H and O–H groups in total. The first-order valence-corrected chi connectivity index (χ1v) is 7.89. The van der Waals surface area contributed by atoms with Crippen LogP contribution in [0.15, 0.2) is 34.8 Å². The quantitative estimate of drug-likeness (QED) is 0.842. The molecule has 0 fully saturated rings. The minimum atomic E-state index is -0.488. The molecule has 0 amide bonds. The van der Waals surface area contributed by atoms with Crippen LogP contribution in [0.4, 0.5) is 5.69 Å². The summed E-state index contributed by atoms with van der Waals surface area (Å²) in [4.78, 5) is 3.32. The predicted octanol–water partition coefficient (Wildman–Crippen LogP) is 4.85. The number of hydrogen-bond acceptors (Lipinski definition) is 3. The van der Waals surface area contributed by atoms with Gasteiger partial charge in [-0.2, -0.15) is 0 Å². The van der Waals surface area contributed by atoms with E-state index in [4.69, 9.17) is 11.6 Å². The number of rotatable bonds is 4. The summed E-state index contributed by atoms with van der Waals surface area (Å²) in [6.45, 7) is 2.55. The molecular formula is C14H15BrClNOS. The van der Waals surface area contributed by atoms with Crippen molar-refractivity contribution in [3.63, 3.8) is 0 Å². The van der Waals surface area contributed by atoms with Crippen LogP contribution in [0.1, 0.15) is 23.5 Å². The van der Waals surface area contributed by atoms with Gasteiger partial charge >= 0.3 is 0 Å². The highest BCUT2D eigenvalue weighted by Gasteiger charge is 2.13. The van der Waals surface area contributed by atoms with Gasteiger partial charge in [-0.1, -0.05) is 33.6 Å². The van der Waals surface area contributed by atoms with E-state index in [1.165, 1.54) is 4.88 Å². The van der Waals surface area contributed by atoms with Gasteiger partial charge in [0.15, 0.2) is 0 Å². The van der Waals surface area contributed by atoms with Crippen LogP contribution in [-0.2, 0) is 6.54 Å². The summed E-state index contributed by atoms with van der Waals surface area (Å²) in [5, 5.41) is 9.85. The Balaban J connectivity index is 2.27. The lowest BCUT2D eigenvalue weighted by Gasteiger charge is -2.23. The smallest absolute Gasteiger partial charge is 0.0931 e. The van der Waals surface area contributed by atoms with Gasteiger partial charge in [-0.25, -0.2) is 0 Å². The van der Waals surface area contributed by atoms with Crippen LogP contribution in [-0.4, -0.2) is 12.2 Å². The van der Waals surface area contributed by atoms with Gasteiger partial charge in [0.25, 0.3) is 0 Å². The molecule has 0 spiro atoms. The normalized spacial score (nSPS) is 12.5. The van der Waals surface area contributed by atoms with Gasteiger partial charge in [-0.3, -0.25) is 0 Å². The molecule has 2 aromatic rings. The van der Waals surface area contributed by atoms with Crippen LogP contribution in [0, 0.1) is 0 Å². The summed E-state index contributed by atoms with van der Waals surface area (Å²) in [5.74, 6) is 0. The lowest BCUT2D eigenvalue weighted by atomic mass is 10.1. The standard InChI is InChI=1S/C14H15BrClNOS/c1-9(18)12-5-3-10(15)7-13(12)17(2)8-11-4-6-14(16)19-11/h3-7,9,18H,8H2,1-2H3. The zero-order valence-corrected chi connectivity index (χ0v) is 13.9. The lowest BCUT2D eigenvalue weighted by Crippen LogP contribution is -2.18. The highest BCUT2D eigenvalue weighted by molar-refractivity contribution is 9.10. The Kier molecular flexibility index (Phi) is 4.90. The topological polar surface area (TPSA) is 23.5 Å². The third-order valence-electron chi connectivity index (χ3n) is 2.88. The SMILES string of the molecule is CC(O)c1ccc(Br)cc1N(C)Cc1ccc(Cl)s1. The molecule has 0 saturated heterocycles. The monoisotopic (exact) mass is 359 g/mol. The number of benzene rings is 1. The minimum Gasteiger partial charge on any atom is -0.389 e. The van der Waals surface area contributed by atoms with Crippen LogP contribution in [0.5, 0.6) is 0 Å². The first kappa shape index (κ1) is 14.9. The largest absolute Gasteiger partial charge is 0.389 e. The van der Waals surface area contributed by atoms with Crippen molar-refractivity contribution in [3.05, 3.63) is 49.6 Å². The van der Waals surface area contributed by atoms with Gasteiger partial charge in [0.05, 0.1) is 17.0 Å². The Morgan fingerprint density at radius 3 is 2.68 bits per heavy atom. The van der Waals surface area contributed by atoms with Gasteiger partial charge in [0.1, 0.15) is 0 Å². The molecule has 5 heteroatoms. The zero-order chi connectivity index (χ0) is 14.0. The first-order chi connectivity index (χ1) is 8.97. The molecule has 1 aromatic heterocycles. The van der Waals surface area contributed by atoms with Crippen molar-refractivity contribution >= 4 is 44.6 Å². The Bertz CT molecular complexity index is 570. The summed E-state index contributed by atoms with van der Waals surface area (Å²) in [6, 6.07) is 9.86. The van der Waals surface area contributed by atoms with E-state index in [1.807, 2.05) is 37.4 Å². The van der Waals surface area contributed by atoms with Crippen molar-refractivity contribution in [1.29, 1.82) is 0 Å². The van der Waals surface area contributed by atoms with E-state index >= 15 is 0 Å². The number of halogens is 2. The molecule has 102 valence electrons. The molecule has 0 aliphatic carbocycles. The number of anilines is 1. The van der Waals surface area contributed by atoms with E-state index < -0.39 is 6.10 Å². The summed E-state index contributed by atoms with van der Waals surface area (Å²) in [5.41, 5.74) is 1.95. The van der Waals surface area contributed by atoms with Crippen molar-refractivity contribution < 1.29 is 5.11 Å². The fourth-order valence-electron chi connectivity index (χ4n) is 1.96. The van der Waals surface area contributed by atoms with E-state index in [9.17, 15) is 5.11 Å². The summed E-state index contributed by atoms with van der Waals surface area (Å²) in [7, 11) is 2.02. The number of thiophene rings is 1. The van der Waals surface area contributed by atoms with E-state index in [2.05, 4.69) is 20.8 Å². The summed E-state index contributed by atoms with van der Waals surface area (Å²) < 4.78 is 1.80. The molecule has 2 nitrogen and oxygen atoms in total. The van der Waals surface area contributed by atoms with Crippen molar-refractivity contribution in [1.82, 2.24) is 0 Å².